The number of esters is 1. The van der Waals surface area contributed by atoms with Gasteiger partial charge < -0.3 is 15.2 Å². The maximum absolute atomic E-state index is 13.0. The van der Waals surface area contributed by atoms with Gasteiger partial charge in [0, 0.05) is 19.0 Å². The minimum absolute atomic E-state index is 0.123. The van der Waals surface area contributed by atoms with E-state index in [1.54, 1.807) is 43.0 Å². The van der Waals surface area contributed by atoms with E-state index in [-0.39, 0.29) is 30.2 Å². The van der Waals surface area contributed by atoms with Crippen LogP contribution in [0.2, 0.25) is 0 Å². The van der Waals surface area contributed by atoms with Gasteiger partial charge in [-0.15, -0.1) is 0 Å². The molecule has 7 nitrogen and oxygen atoms in total. The highest BCUT2D eigenvalue weighted by molar-refractivity contribution is 7.98. The third-order valence-electron chi connectivity index (χ3n) is 5.64. The van der Waals surface area contributed by atoms with Crippen LogP contribution in [0, 0.1) is 11.8 Å². The number of thioether (sulfide) groups is 1. The number of ether oxygens (including phenoxy) is 1. The van der Waals surface area contributed by atoms with Crippen molar-refractivity contribution in [2.45, 2.75) is 24.9 Å². The SMILES string of the molecule is CCOC(=O)[C@@]1(CCSC)[NH2+][C@@H](c2ccc(O)cc2)[C@H]2C(=O)N(C)C(=O)[C@H]21. The predicted octanol–water partition coefficient (Wildman–Crippen LogP) is 0.296. The first-order valence-electron chi connectivity index (χ1n) is 9.00. The number of imide groups is 1. The van der Waals surface area contributed by atoms with Crippen molar-refractivity contribution in [3.63, 3.8) is 0 Å². The molecule has 3 N–H and O–H groups in total. The summed E-state index contributed by atoms with van der Waals surface area (Å²) in [6.07, 6.45) is 2.38. The van der Waals surface area contributed by atoms with Crippen LogP contribution in [0.4, 0.5) is 0 Å². The number of aromatic hydroxyl groups is 1. The first-order valence-corrected chi connectivity index (χ1v) is 10.4. The first-order chi connectivity index (χ1) is 12.9. The summed E-state index contributed by atoms with van der Waals surface area (Å²) in [5, 5.41) is 11.4. The Morgan fingerprint density at radius 3 is 2.56 bits per heavy atom. The number of amides is 2. The predicted molar refractivity (Wildman–Crippen MR) is 99.9 cm³/mol. The van der Waals surface area contributed by atoms with Gasteiger partial charge in [-0.3, -0.25) is 14.5 Å². The Morgan fingerprint density at radius 2 is 1.96 bits per heavy atom. The average molecular weight is 393 g/mol. The molecule has 0 bridgehead atoms. The lowest BCUT2D eigenvalue weighted by molar-refractivity contribution is -0.734. The van der Waals surface area contributed by atoms with Crippen molar-refractivity contribution in [1.29, 1.82) is 0 Å². The Kier molecular flexibility index (Phi) is 5.48. The van der Waals surface area contributed by atoms with Crippen LogP contribution in [0.5, 0.6) is 5.75 Å². The van der Waals surface area contributed by atoms with Gasteiger partial charge in [-0.2, -0.15) is 11.8 Å². The van der Waals surface area contributed by atoms with Crippen LogP contribution in [-0.2, 0) is 19.1 Å². The summed E-state index contributed by atoms with van der Waals surface area (Å²) in [6, 6.07) is 6.19. The Bertz CT molecular complexity index is 753. The fourth-order valence-electron chi connectivity index (χ4n) is 4.34. The molecule has 146 valence electrons. The van der Waals surface area contributed by atoms with Gasteiger partial charge in [0.05, 0.1) is 6.61 Å². The quantitative estimate of drug-likeness (QED) is 0.533. The highest BCUT2D eigenvalue weighted by Crippen LogP contribution is 2.45. The lowest BCUT2D eigenvalue weighted by atomic mass is 9.78. The molecule has 1 aromatic carbocycles. The zero-order valence-corrected chi connectivity index (χ0v) is 16.5. The van der Waals surface area contributed by atoms with Gasteiger partial charge in [0.1, 0.15) is 23.6 Å². The normalized spacial score (nSPS) is 29.9. The molecule has 27 heavy (non-hydrogen) atoms. The number of nitrogens with two attached hydrogens (primary N) is 1. The molecule has 2 fully saturated rings. The Balaban J connectivity index is 2.10. The van der Waals surface area contributed by atoms with E-state index < -0.39 is 23.3 Å². The lowest BCUT2D eigenvalue weighted by Gasteiger charge is -2.29. The van der Waals surface area contributed by atoms with E-state index in [0.29, 0.717) is 12.2 Å². The fraction of sp³-hybridized carbons (Fsp3) is 0.526. The summed E-state index contributed by atoms with van der Waals surface area (Å²) >= 11 is 1.59. The molecule has 0 aliphatic carbocycles. The van der Waals surface area contributed by atoms with Crippen LogP contribution in [0.15, 0.2) is 24.3 Å². The number of hydrogen-bond acceptors (Lipinski definition) is 6. The maximum atomic E-state index is 13.0. The highest BCUT2D eigenvalue weighted by Gasteiger charge is 2.71. The second-order valence-corrected chi connectivity index (χ2v) is 8.01. The standard InChI is InChI=1S/C19H24N2O5S/c1-4-26-18(25)19(9-10-27-3)14-13(16(23)21(2)17(14)24)15(20-19)11-5-7-12(22)8-6-11/h5-8,13-15,20,22H,4,9-10H2,1-3H3/p+1/t13-,14-,15-,19-/m0/s1. The molecule has 2 amide bonds. The van der Waals surface area contributed by atoms with Crippen LogP contribution in [0.1, 0.15) is 24.9 Å². The van der Waals surface area contributed by atoms with E-state index in [4.69, 9.17) is 4.74 Å². The van der Waals surface area contributed by atoms with Crippen LogP contribution in [0.25, 0.3) is 0 Å². The van der Waals surface area contributed by atoms with E-state index in [1.807, 2.05) is 11.6 Å². The number of quaternary nitrogens is 1. The van der Waals surface area contributed by atoms with Gasteiger partial charge >= 0.3 is 5.97 Å². The second kappa shape index (κ2) is 7.52. The molecule has 2 aliphatic rings. The summed E-state index contributed by atoms with van der Waals surface area (Å²) in [5.74, 6) is -1.61. The molecule has 2 saturated heterocycles. The topological polar surface area (TPSA) is 101 Å². The monoisotopic (exact) mass is 393 g/mol. The summed E-state index contributed by atoms with van der Waals surface area (Å²) in [7, 11) is 1.47. The summed E-state index contributed by atoms with van der Waals surface area (Å²) < 4.78 is 5.36. The van der Waals surface area contributed by atoms with Crippen molar-refractivity contribution in [1.82, 2.24) is 4.90 Å². The molecule has 0 aromatic heterocycles. The minimum Gasteiger partial charge on any atom is -0.508 e. The largest absolute Gasteiger partial charge is 0.508 e. The molecule has 0 spiro atoms. The number of phenolic OH excluding ortho intramolecular Hbond substituents is 1. The van der Waals surface area contributed by atoms with Crippen molar-refractivity contribution in [3.8, 4) is 5.75 Å². The van der Waals surface area contributed by atoms with Crippen molar-refractivity contribution in [2.75, 3.05) is 25.7 Å². The minimum atomic E-state index is -1.12. The summed E-state index contributed by atoms with van der Waals surface area (Å²) in [5.41, 5.74) is -0.321. The van der Waals surface area contributed by atoms with Gasteiger partial charge in [-0.05, 0) is 43.2 Å². The molecule has 4 atom stereocenters. The first kappa shape index (κ1) is 19.7. The average Bonchev–Trinajstić information content (AvgIpc) is 3.11. The van der Waals surface area contributed by atoms with Gasteiger partial charge in [0.2, 0.25) is 17.4 Å². The third kappa shape index (κ3) is 3.10. The van der Waals surface area contributed by atoms with E-state index in [1.165, 1.54) is 7.05 Å². The molecule has 2 heterocycles. The summed E-state index contributed by atoms with van der Waals surface area (Å²) in [6.45, 7) is 1.95. The van der Waals surface area contributed by atoms with Crippen LogP contribution >= 0.6 is 11.8 Å². The molecule has 0 unspecified atom stereocenters. The van der Waals surface area contributed by atoms with Crippen LogP contribution < -0.4 is 5.32 Å². The van der Waals surface area contributed by atoms with Crippen molar-refractivity contribution in [3.05, 3.63) is 29.8 Å². The number of likely N-dealkylation sites (tertiary alicyclic amines) is 1. The second-order valence-electron chi connectivity index (χ2n) is 7.03. The van der Waals surface area contributed by atoms with Gasteiger partial charge in [0.25, 0.3) is 0 Å². The molecule has 2 aliphatic heterocycles. The smallest absolute Gasteiger partial charge is 0.368 e. The lowest BCUT2D eigenvalue weighted by Crippen LogP contribution is -2.98. The fourth-order valence-corrected chi connectivity index (χ4v) is 4.88. The number of carbonyl (C=O) groups excluding carboxylic acids is 3. The summed E-state index contributed by atoms with van der Waals surface area (Å²) in [4.78, 5) is 40.0. The van der Waals surface area contributed by atoms with Crippen molar-refractivity contribution >= 4 is 29.5 Å². The van der Waals surface area contributed by atoms with Crippen molar-refractivity contribution < 1.29 is 29.5 Å². The van der Waals surface area contributed by atoms with Gasteiger partial charge in [-0.1, -0.05) is 0 Å². The van der Waals surface area contributed by atoms with E-state index in [0.717, 1.165) is 10.5 Å². The highest BCUT2D eigenvalue weighted by atomic mass is 32.2. The van der Waals surface area contributed by atoms with Crippen molar-refractivity contribution in [2.24, 2.45) is 11.8 Å². The Labute approximate surface area is 162 Å². The van der Waals surface area contributed by atoms with Gasteiger partial charge in [0.15, 0.2) is 0 Å². The van der Waals surface area contributed by atoms with Gasteiger partial charge in [-0.25, -0.2) is 4.79 Å². The third-order valence-corrected chi connectivity index (χ3v) is 6.26. The zero-order valence-electron chi connectivity index (χ0n) is 15.7. The Morgan fingerprint density at radius 1 is 1.30 bits per heavy atom. The molecule has 0 saturated carbocycles. The van der Waals surface area contributed by atoms with E-state index in [2.05, 4.69) is 0 Å². The zero-order chi connectivity index (χ0) is 19.8. The number of hydrogen-bond donors (Lipinski definition) is 2. The molecule has 1 aromatic rings. The number of benzene rings is 1. The van der Waals surface area contributed by atoms with E-state index >= 15 is 0 Å². The number of nitrogens with zero attached hydrogens (tertiary/aromatic N) is 1. The Hall–Kier alpha value is -2.06. The van der Waals surface area contributed by atoms with Crippen LogP contribution in [0.3, 0.4) is 0 Å². The number of fused-ring (bicyclic) bond motifs is 1. The molecular formula is C19H25N2O5S+. The molecular weight excluding hydrogens is 368 g/mol. The molecule has 0 radical (unpaired) electrons. The number of rotatable bonds is 6. The molecule has 3 rings (SSSR count). The number of carbonyl (C=O) groups is 3. The van der Waals surface area contributed by atoms with Crippen LogP contribution in [-0.4, -0.2) is 59.0 Å². The number of phenols is 1. The van der Waals surface area contributed by atoms with E-state index in [9.17, 15) is 19.5 Å². The molecule has 8 heteroatoms. The maximum Gasteiger partial charge on any atom is 0.368 e.